The molecule has 0 spiro atoms. The number of anilines is 1. The van der Waals surface area contributed by atoms with Crippen molar-refractivity contribution in [2.75, 3.05) is 18.4 Å². The Morgan fingerprint density at radius 3 is 2.79 bits per heavy atom. The number of aryl methyl sites for hydroxylation is 1. The van der Waals surface area contributed by atoms with E-state index < -0.39 is 6.09 Å². The maximum absolute atomic E-state index is 12.6. The molecular formula is C22H25N3O3. The van der Waals surface area contributed by atoms with Crippen molar-refractivity contribution in [1.82, 2.24) is 10.2 Å². The highest BCUT2D eigenvalue weighted by atomic mass is 16.5. The third-order valence-corrected chi connectivity index (χ3v) is 5.40. The number of urea groups is 1. The molecule has 146 valence electrons. The zero-order chi connectivity index (χ0) is 19.3. The highest BCUT2D eigenvalue weighted by Crippen LogP contribution is 2.29. The summed E-state index contributed by atoms with van der Waals surface area (Å²) in [7, 11) is 0. The van der Waals surface area contributed by atoms with Crippen molar-refractivity contribution >= 4 is 17.8 Å². The standard InChI is InChI=1S/C22H25N3O3/c26-21(24-20-11-5-9-17-8-4-10-19(17)20)25-13-12-18(14-25)23-22(27)28-15-16-6-2-1-3-7-16/h1-3,5-7,9,11,18H,4,8,10,12-15H2,(H,23,27)(H,24,26)/t18-/m1/s1. The van der Waals surface area contributed by atoms with Gasteiger partial charge in [-0.2, -0.15) is 0 Å². The van der Waals surface area contributed by atoms with Gasteiger partial charge in [0, 0.05) is 18.8 Å². The van der Waals surface area contributed by atoms with Gasteiger partial charge in [-0.25, -0.2) is 9.59 Å². The average molecular weight is 379 g/mol. The van der Waals surface area contributed by atoms with E-state index >= 15 is 0 Å². The molecular weight excluding hydrogens is 354 g/mol. The first kappa shape index (κ1) is 18.3. The van der Waals surface area contributed by atoms with E-state index in [1.54, 1.807) is 4.90 Å². The molecule has 1 fully saturated rings. The van der Waals surface area contributed by atoms with Crippen molar-refractivity contribution in [3.63, 3.8) is 0 Å². The molecule has 6 heteroatoms. The quantitative estimate of drug-likeness (QED) is 0.851. The molecule has 4 rings (SSSR count). The lowest BCUT2D eigenvalue weighted by atomic mass is 10.1. The smallest absolute Gasteiger partial charge is 0.407 e. The molecule has 1 saturated heterocycles. The number of carbonyl (C=O) groups excluding carboxylic acids is 2. The van der Waals surface area contributed by atoms with Gasteiger partial charge in [-0.1, -0.05) is 42.5 Å². The molecule has 1 aliphatic heterocycles. The van der Waals surface area contributed by atoms with Crippen LogP contribution in [0.5, 0.6) is 0 Å². The zero-order valence-electron chi connectivity index (χ0n) is 15.8. The summed E-state index contributed by atoms with van der Waals surface area (Å²) in [5.41, 5.74) is 4.45. The number of amides is 3. The van der Waals surface area contributed by atoms with Crippen LogP contribution < -0.4 is 10.6 Å². The van der Waals surface area contributed by atoms with E-state index in [1.165, 1.54) is 11.1 Å². The van der Waals surface area contributed by atoms with Gasteiger partial charge in [0.25, 0.3) is 0 Å². The van der Waals surface area contributed by atoms with Crippen LogP contribution in [-0.2, 0) is 24.2 Å². The van der Waals surface area contributed by atoms with Crippen molar-refractivity contribution in [2.45, 2.75) is 38.3 Å². The van der Waals surface area contributed by atoms with Crippen molar-refractivity contribution in [3.8, 4) is 0 Å². The molecule has 0 bridgehead atoms. The maximum atomic E-state index is 12.6. The summed E-state index contributed by atoms with van der Waals surface area (Å²) in [6.07, 6.45) is 3.52. The van der Waals surface area contributed by atoms with Crippen LogP contribution in [-0.4, -0.2) is 36.2 Å². The molecule has 0 radical (unpaired) electrons. The number of rotatable bonds is 4. The summed E-state index contributed by atoms with van der Waals surface area (Å²) < 4.78 is 5.26. The fourth-order valence-electron chi connectivity index (χ4n) is 3.93. The summed E-state index contributed by atoms with van der Waals surface area (Å²) in [4.78, 5) is 26.4. The van der Waals surface area contributed by atoms with Crippen LogP contribution in [0.2, 0.25) is 0 Å². The topological polar surface area (TPSA) is 70.7 Å². The molecule has 0 saturated carbocycles. The Labute approximate surface area is 164 Å². The summed E-state index contributed by atoms with van der Waals surface area (Å²) in [5.74, 6) is 0. The van der Waals surface area contributed by atoms with Crippen molar-refractivity contribution < 1.29 is 14.3 Å². The lowest BCUT2D eigenvalue weighted by Crippen LogP contribution is -2.40. The summed E-state index contributed by atoms with van der Waals surface area (Å²) in [5, 5.41) is 5.90. The molecule has 2 N–H and O–H groups in total. The molecule has 6 nitrogen and oxygen atoms in total. The molecule has 28 heavy (non-hydrogen) atoms. The van der Waals surface area contributed by atoms with Gasteiger partial charge in [-0.05, 0) is 48.4 Å². The molecule has 0 unspecified atom stereocenters. The predicted molar refractivity (Wildman–Crippen MR) is 107 cm³/mol. The fourth-order valence-corrected chi connectivity index (χ4v) is 3.93. The molecule has 2 aliphatic rings. The summed E-state index contributed by atoms with van der Waals surface area (Å²) in [6.45, 7) is 1.34. The Bertz CT molecular complexity index is 853. The number of benzene rings is 2. The Morgan fingerprint density at radius 1 is 1.07 bits per heavy atom. The van der Waals surface area contributed by atoms with Gasteiger partial charge in [0.15, 0.2) is 0 Å². The van der Waals surface area contributed by atoms with E-state index in [1.807, 2.05) is 42.5 Å². The highest BCUT2D eigenvalue weighted by molar-refractivity contribution is 5.90. The second kappa shape index (κ2) is 8.33. The van der Waals surface area contributed by atoms with E-state index in [4.69, 9.17) is 4.74 Å². The number of ether oxygens (including phenoxy) is 1. The Morgan fingerprint density at radius 2 is 1.93 bits per heavy atom. The molecule has 0 aromatic heterocycles. The van der Waals surface area contributed by atoms with E-state index in [0.717, 1.165) is 36.9 Å². The fraction of sp³-hybridized carbons (Fsp3) is 0.364. The lowest BCUT2D eigenvalue weighted by molar-refractivity contribution is 0.136. The van der Waals surface area contributed by atoms with Gasteiger partial charge in [-0.3, -0.25) is 0 Å². The molecule has 2 aromatic carbocycles. The summed E-state index contributed by atoms with van der Waals surface area (Å²) in [6, 6.07) is 15.5. The first-order chi connectivity index (χ1) is 13.7. The van der Waals surface area contributed by atoms with Crippen LogP contribution in [0.3, 0.4) is 0 Å². The van der Waals surface area contributed by atoms with Crippen LogP contribution in [0.25, 0.3) is 0 Å². The maximum Gasteiger partial charge on any atom is 0.407 e. The number of hydrogen-bond donors (Lipinski definition) is 2. The minimum atomic E-state index is -0.447. The first-order valence-electron chi connectivity index (χ1n) is 9.83. The summed E-state index contributed by atoms with van der Waals surface area (Å²) >= 11 is 0. The highest BCUT2D eigenvalue weighted by Gasteiger charge is 2.28. The molecule has 2 aromatic rings. The van der Waals surface area contributed by atoms with Gasteiger partial charge in [0.05, 0.1) is 6.04 Å². The van der Waals surface area contributed by atoms with Crippen LogP contribution >= 0.6 is 0 Å². The van der Waals surface area contributed by atoms with Gasteiger partial charge in [0.1, 0.15) is 6.61 Å². The average Bonchev–Trinajstić information content (AvgIpc) is 3.37. The number of nitrogens with zero attached hydrogens (tertiary/aromatic N) is 1. The third kappa shape index (κ3) is 4.27. The van der Waals surface area contributed by atoms with Crippen molar-refractivity contribution in [1.29, 1.82) is 0 Å². The van der Waals surface area contributed by atoms with Crippen molar-refractivity contribution in [2.24, 2.45) is 0 Å². The number of alkyl carbamates (subject to hydrolysis) is 1. The Kier molecular flexibility index (Phi) is 5.46. The number of carbonyl (C=O) groups is 2. The monoisotopic (exact) mass is 379 g/mol. The second-order valence-corrected chi connectivity index (χ2v) is 7.36. The Hall–Kier alpha value is -3.02. The number of hydrogen-bond acceptors (Lipinski definition) is 3. The molecule has 1 heterocycles. The van der Waals surface area contributed by atoms with E-state index in [0.29, 0.717) is 13.1 Å². The molecule has 1 aliphatic carbocycles. The van der Waals surface area contributed by atoms with Crippen molar-refractivity contribution in [3.05, 3.63) is 65.2 Å². The van der Waals surface area contributed by atoms with Crippen LogP contribution in [0.1, 0.15) is 29.5 Å². The lowest BCUT2D eigenvalue weighted by Gasteiger charge is -2.19. The van der Waals surface area contributed by atoms with E-state index in [2.05, 4.69) is 16.7 Å². The van der Waals surface area contributed by atoms with E-state index in [9.17, 15) is 9.59 Å². The van der Waals surface area contributed by atoms with Crippen LogP contribution in [0.15, 0.2) is 48.5 Å². The zero-order valence-corrected chi connectivity index (χ0v) is 15.8. The predicted octanol–water partition coefficient (Wildman–Crippen LogP) is 3.71. The van der Waals surface area contributed by atoms with Crippen LogP contribution in [0, 0.1) is 0 Å². The normalized spacial score (nSPS) is 17.9. The minimum absolute atomic E-state index is 0.0875. The van der Waals surface area contributed by atoms with Crippen LogP contribution in [0.4, 0.5) is 15.3 Å². The SMILES string of the molecule is O=C(N[C@@H]1CCN(C(=O)Nc2cccc3c2CCC3)C1)OCc1ccccc1. The van der Waals surface area contributed by atoms with Gasteiger partial charge < -0.3 is 20.3 Å². The number of nitrogens with one attached hydrogen (secondary N) is 2. The minimum Gasteiger partial charge on any atom is -0.445 e. The number of fused-ring (bicyclic) bond motifs is 1. The molecule has 1 atom stereocenters. The Balaban J connectivity index is 1.25. The van der Waals surface area contributed by atoms with Gasteiger partial charge >= 0.3 is 12.1 Å². The third-order valence-electron chi connectivity index (χ3n) is 5.40. The number of likely N-dealkylation sites (tertiary alicyclic amines) is 1. The van der Waals surface area contributed by atoms with Gasteiger partial charge in [-0.15, -0.1) is 0 Å². The molecule has 3 amide bonds. The van der Waals surface area contributed by atoms with E-state index in [-0.39, 0.29) is 18.7 Å². The largest absolute Gasteiger partial charge is 0.445 e. The van der Waals surface area contributed by atoms with Gasteiger partial charge in [0.2, 0.25) is 0 Å². The second-order valence-electron chi connectivity index (χ2n) is 7.36. The first-order valence-corrected chi connectivity index (χ1v) is 9.83.